The first-order chi connectivity index (χ1) is 12.8. The first-order valence-corrected chi connectivity index (χ1v) is 9.24. The number of anilines is 1. The molecule has 138 valence electrons. The van der Waals surface area contributed by atoms with E-state index in [0.717, 1.165) is 6.07 Å². The van der Waals surface area contributed by atoms with Crippen LogP contribution in [0.25, 0.3) is 0 Å². The molecule has 1 aromatic heterocycles. The lowest BCUT2D eigenvalue weighted by Gasteiger charge is -2.09. The smallest absolute Gasteiger partial charge is 0.270 e. The molecule has 27 heavy (non-hydrogen) atoms. The molecule has 0 aliphatic carbocycles. The Bertz CT molecular complexity index is 1090. The summed E-state index contributed by atoms with van der Waals surface area (Å²) in [6, 6.07) is 14.6. The van der Waals surface area contributed by atoms with E-state index in [1.165, 1.54) is 24.3 Å². The number of nitro groups is 1. The summed E-state index contributed by atoms with van der Waals surface area (Å²) in [6.45, 7) is 0. The van der Waals surface area contributed by atoms with Crippen molar-refractivity contribution in [1.29, 1.82) is 0 Å². The molecule has 1 heterocycles. The Morgan fingerprint density at radius 1 is 1.04 bits per heavy atom. The van der Waals surface area contributed by atoms with Crippen LogP contribution in [0.15, 0.2) is 65.6 Å². The molecule has 3 aromatic rings. The van der Waals surface area contributed by atoms with E-state index in [1.807, 2.05) is 0 Å². The minimum Gasteiger partial charge on any atom is -0.439 e. The molecule has 11 heteroatoms. The number of nitrogens with one attached hydrogen (secondary N) is 1. The first kappa shape index (κ1) is 18.5. The maximum absolute atomic E-state index is 12.5. The lowest BCUT2D eigenvalue weighted by Crippen LogP contribution is -2.15. The predicted molar refractivity (Wildman–Crippen MR) is 97.5 cm³/mol. The Morgan fingerprint density at radius 2 is 1.78 bits per heavy atom. The Morgan fingerprint density at radius 3 is 2.48 bits per heavy atom. The average molecular weight is 407 g/mol. The summed E-state index contributed by atoms with van der Waals surface area (Å²) in [7, 11) is -4.17. The number of sulfonamides is 1. The maximum Gasteiger partial charge on any atom is 0.270 e. The van der Waals surface area contributed by atoms with Crippen molar-refractivity contribution in [2.24, 2.45) is 0 Å². The minimum absolute atomic E-state index is 0.0259. The molecule has 0 saturated heterocycles. The van der Waals surface area contributed by atoms with Crippen LogP contribution in [-0.2, 0) is 10.0 Å². The molecule has 0 unspecified atom stereocenters. The molecule has 0 spiro atoms. The van der Waals surface area contributed by atoms with Crippen LogP contribution in [-0.4, -0.2) is 23.3 Å². The maximum atomic E-state index is 12.5. The van der Waals surface area contributed by atoms with E-state index in [9.17, 15) is 18.5 Å². The monoisotopic (exact) mass is 406 g/mol. The quantitative estimate of drug-likeness (QED) is 0.376. The van der Waals surface area contributed by atoms with E-state index < -0.39 is 14.9 Å². The van der Waals surface area contributed by atoms with Crippen molar-refractivity contribution in [1.82, 2.24) is 9.97 Å². The summed E-state index contributed by atoms with van der Waals surface area (Å²) in [6.07, 6.45) is 0. The Labute approximate surface area is 158 Å². The van der Waals surface area contributed by atoms with Gasteiger partial charge in [0.2, 0.25) is 11.8 Å². The lowest BCUT2D eigenvalue weighted by atomic mass is 10.3. The van der Waals surface area contributed by atoms with Gasteiger partial charge in [0.05, 0.1) is 9.82 Å². The molecule has 1 N–H and O–H groups in total. The normalized spacial score (nSPS) is 11.0. The van der Waals surface area contributed by atoms with Crippen molar-refractivity contribution in [3.8, 4) is 11.6 Å². The van der Waals surface area contributed by atoms with Gasteiger partial charge in [-0.25, -0.2) is 18.1 Å². The van der Waals surface area contributed by atoms with E-state index in [-0.39, 0.29) is 27.6 Å². The van der Waals surface area contributed by atoms with Gasteiger partial charge < -0.3 is 4.74 Å². The van der Waals surface area contributed by atoms with Gasteiger partial charge in [-0.2, -0.15) is 4.98 Å². The number of nitrogens with zero attached hydrogens (tertiary/aromatic N) is 3. The van der Waals surface area contributed by atoms with Crippen LogP contribution in [0.5, 0.6) is 11.6 Å². The van der Waals surface area contributed by atoms with Crippen LogP contribution in [0.4, 0.5) is 11.6 Å². The second-order valence-electron chi connectivity index (χ2n) is 5.13. The van der Waals surface area contributed by atoms with E-state index in [1.54, 1.807) is 30.3 Å². The zero-order chi connectivity index (χ0) is 19.4. The number of halogens is 1. The van der Waals surface area contributed by atoms with Crippen molar-refractivity contribution >= 4 is 33.3 Å². The first-order valence-electron chi connectivity index (χ1n) is 7.38. The summed E-state index contributed by atoms with van der Waals surface area (Å²) in [5.41, 5.74) is -0.363. The van der Waals surface area contributed by atoms with Crippen LogP contribution < -0.4 is 9.46 Å². The third-order valence-electron chi connectivity index (χ3n) is 3.20. The second kappa shape index (κ2) is 7.56. The van der Waals surface area contributed by atoms with Crippen LogP contribution in [0.2, 0.25) is 5.15 Å². The number of hydrogen-bond acceptors (Lipinski definition) is 7. The van der Waals surface area contributed by atoms with Crippen molar-refractivity contribution < 1.29 is 18.1 Å². The molecule has 2 aromatic carbocycles. The third-order valence-corrected chi connectivity index (χ3v) is 4.72. The molecule has 0 aliphatic heterocycles. The van der Waals surface area contributed by atoms with E-state index in [2.05, 4.69) is 14.7 Å². The van der Waals surface area contributed by atoms with Gasteiger partial charge in [0.25, 0.3) is 15.7 Å². The summed E-state index contributed by atoms with van der Waals surface area (Å²) >= 11 is 5.90. The highest BCUT2D eigenvalue weighted by atomic mass is 35.5. The number of nitro benzene ring substituents is 1. The summed E-state index contributed by atoms with van der Waals surface area (Å²) in [4.78, 5) is 17.6. The lowest BCUT2D eigenvalue weighted by molar-refractivity contribution is -0.385. The zero-order valence-corrected chi connectivity index (χ0v) is 15.0. The van der Waals surface area contributed by atoms with Gasteiger partial charge in [-0.3, -0.25) is 10.1 Å². The van der Waals surface area contributed by atoms with Crippen molar-refractivity contribution in [2.75, 3.05) is 4.72 Å². The molecule has 0 fully saturated rings. The van der Waals surface area contributed by atoms with Crippen molar-refractivity contribution in [2.45, 2.75) is 4.90 Å². The summed E-state index contributed by atoms with van der Waals surface area (Å²) in [5, 5.41) is 10.8. The highest BCUT2D eigenvalue weighted by Crippen LogP contribution is 2.24. The van der Waals surface area contributed by atoms with E-state index in [4.69, 9.17) is 16.3 Å². The van der Waals surface area contributed by atoms with E-state index in [0.29, 0.717) is 5.75 Å². The molecule has 3 rings (SSSR count). The number of benzene rings is 2. The molecule has 0 aliphatic rings. The minimum atomic E-state index is -4.17. The molecule has 0 saturated carbocycles. The van der Waals surface area contributed by atoms with Gasteiger partial charge in [-0.15, -0.1) is 0 Å². The highest BCUT2D eigenvalue weighted by Gasteiger charge is 2.20. The van der Waals surface area contributed by atoms with Gasteiger partial charge in [-0.05, 0) is 18.2 Å². The summed E-state index contributed by atoms with van der Waals surface area (Å²) < 4.78 is 32.6. The molecule has 0 bridgehead atoms. The van der Waals surface area contributed by atoms with Crippen LogP contribution in [0.1, 0.15) is 0 Å². The number of ether oxygens (including phenoxy) is 1. The van der Waals surface area contributed by atoms with Gasteiger partial charge in [0, 0.05) is 18.2 Å². The average Bonchev–Trinajstić information content (AvgIpc) is 2.62. The fraction of sp³-hybridized carbons (Fsp3) is 0. The van der Waals surface area contributed by atoms with Crippen molar-refractivity contribution in [3.63, 3.8) is 0 Å². The second-order valence-corrected chi connectivity index (χ2v) is 7.20. The van der Waals surface area contributed by atoms with Crippen LogP contribution >= 0.6 is 11.6 Å². The number of hydrogen-bond donors (Lipinski definition) is 1. The molecule has 0 radical (unpaired) electrons. The van der Waals surface area contributed by atoms with Gasteiger partial charge in [0.15, 0.2) is 0 Å². The summed E-state index contributed by atoms with van der Waals surface area (Å²) in [5.74, 6) is 0.164. The van der Waals surface area contributed by atoms with Crippen LogP contribution in [0.3, 0.4) is 0 Å². The number of aromatic nitrogens is 2. The zero-order valence-electron chi connectivity index (χ0n) is 13.4. The number of para-hydroxylation sites is 1. The van der Waals surface area contributed by atoms with Gasteiger partial charge in [0.1, 0.15) is 10.9 Å². The number of rotatable bonds is 6. The Kier molecular flexibility index (Phi) is 5.19. The third kappa shape index (κ3) is 4.68. The topological polar surface area (TPSA) is 124 Å². The molecular formula is C16H11ClN4O5S. The Hall–Kier alpha value is -3.24. The highest BCUT2D eigenvalue weighted by molar-refractivity contribution is 7.92. The standard InChI is InChI=1S/C16H11ClN4O5S/c17-14-10-15(26-12-6-2-1-3-7-12)19-16(18-14)20-27(24,25)13-8-4-5-11(9-13)21(22)23/h1-10H,(H,18,19,20). The van der Waals surface area contributed by atoms with Crippen LogP contribution in [0, 0.1) is 10.1 Å². The fourth-order valence-electron chi connectivity index (χ4n) is 2.05. The van der Waals surface area contributed by atoms with Crippen molar-refractivity contribution in [3.05, 3.63) is 75.9 Å². The van der Waals surface area contributed by atoms with Gasteiger partial charge >= 0.3 is 0 Å². The molecule has 0 amide bonds. The largest absolute Gasteiger partial charge is 0.439 e. The molecule has 9 nitrogen and oxygen atoms in total. The Balaban J connectivity index is 1.88. The fourth-order valence-corrected chi connectivity index (χ4v) is 3.20. The van der Waals surface area contributed by atoms with E-state index >= 15 is 0 Å². The SMILES string of the molecule is O=[N+]([O-])c1cccc(S(=O)(=O)Nc2nc(Cl)cc(Oc3ccccc3)n2)c1. The molecular weight excluding hydrogens is 396 g/mol. The van der Waals surface area contributed by atoms with Gasteiger partial charge in [-0.1, -0.05) is 35.9 Å². The predicted octanol–water partition coefficient (Wildman–Crippen LogP) is 3.63. The number of non-ortho nitro benzene ring substituents is 1. The molecule has 0 atom stereocenters.